The van der Waals surface area contributed by atoms with Crippen LogP contribution in [0.15, 0.2) is 0 Å². The molecule has 13 heavy (non-hydrogen) atoms. The third kappa shape index (κ3) is 2.21. The second-order valence-corrected chi connectivity index (χ2v) is 4.35. The zero-order chi connectivity index (χ0) is 10.1. The van der Waals surface area contributed by atoms with E-state index in [-0.39, 0.29) is 11.3 Å². The Bertz CT molecular complexity index is 203. The van der Waals surface area contributed by atoms with Crippen LogP contribution in [-0.4, -0.2) is 35.1 Å². The molecule has 1 saturated heterocycles. The number of carbonyl (C=O) groups excluding carboxylic acids is 1. The highest BCUT2D eigenvalue weighted by Gasteiger charge is 2.35. The summed E-state index contributed by atoms with van der Waals surface area (Å²) in [7, 11) is 0. The van der Waals surface area contributed by atoms with Gasteiger partial charge >= 0.3 is 0 Å². The van der Waals surface area contributed by atoms with Crippen molar-refractivity contribution in [3.05, 3.63) is 0 Å². The van der Waals surface area contributed by atoms with Crippen molar-refractivity contribution in [3.63, 3.8) is 0 Å². The number of carbonyl (C=O) groups is 1. The maximum absolute atomic E-state index is 11.4. The lowest BCUT2D eigenvalue weighted by molar-refractivity contribution is -0.138. The van der Waals surface area contributed by atoms with Crippen LogP contribution >= 0.6 is 0 Å². The highest BCUT2D eigenvalue weighted by molar-refractivity contribution is 5.80. The molecule has 1 heterocycles. The van der Waals surface area contributed by atoms with E-state index in [9.17, 15) is 4.79 Å². The Balaban J connectivity index is 2.55. The summed E-state index contributed by atoms with van der Waals surface area (Å²) < 4.78 is 0. The maximum atomic E-state index is 11.4. The first-order valence-corrected chi connectivity index (χ1v) is 4.95. The minimum absolute atomic E-state index is 0.128. The molecule has 0 aromatic heterocycles. The molecule has 0 spiro atoms. The lowest BCUT2D eigenvalue weighted by Crippen LogP contribution is -2.37. The highest BCUT2D eigenvalue weighted by atomic mass is 16.3. The molecule has 0 aromatic rings. The Hall–Kier alpha value is -0.570. The first-order chi connectivity index (χ1) is 5.98. The van der Waals surface area contributed by atoms with E-state index in [1.165, 1.54) is 6.92 Å². The van der Waals surface area contributed by atoms with E-state index < -0.39 is 6.10 Å². The summed E-state index contributed by atoms with van der Waals surface area (Å²) >= 11 is 0. The molecule has 3 heteroatoms. The van der Waals surface area contributed by atoms with Gasteiger partial charge in [0.15, 0.2) is 0 Å². The quantitative estimate of drug-likeness (QED) is 0.697. The Morgan fingerprint density at radius 1 is 1.69 bits per heavy atom. The molecule has 3 nitrogen and oxygen atoms in total. The molecule has 0 bridgehead atoms. The monoisotopic (exact) mass is 185 g/mol. The van der Waals surface area contributed by atoms with Gasteiger partial charge < -0.3 is 10.0 Å². The van der Waals surface area contributed by atoms with Gasteiger partial charge in [-0.3, -0.25) is 4.79 Å². The van der Waals surface area contributed by atoms with Gasteiger partial charge in [-0.05, 0) is 25.2 Å². The molecule has 1 aliphatic heterocycles. The Kier molecular flexibility index (Phi) is 2.96. The predicted molar refractivity (Wildman–Crippen MR) is 51.3 cm³/mol. The van der Waals surface area contributed by atoms with E-state index in [1.54, 1.807) is 4.90 Å². The molecule has 1 fully saturated rings. The summed E-state index contributed by atoms with van der Waals surface area (Å²) in [6, 6.07) is 0. The minimum atomic E-state index is -0.848. The van der Waals surface area contributed by atoms with Crippen LogP contribution < -0.4 is 0 Å². The van der Waals surface area contributed by atoms with E-state index in [1.807, 2.05) is 0 Å². The van der Waals surface area contributed by atoms with E-state index in [0.717, 1.165) is 25.9 Å². The number of rotatable bonds is 2. The van der Waals surface area contributed by atoms with Crippen LogP contribution in [0.3, 0.4) is 0 Å². The normalized spacial score (nSPS) is 30.6. The summed E-state index contributed by atoms with van der Waals surface area (Å²) in [4.78, 5) is 13.2. The lowest BCUT2D eigenvalue weighted by atomic mass is 9.87. The molecule has 2 atom stereocenters. The van der Waals surface area contributed by atoms with Crippen LogP contribution in [0.4, 0.5) is 0 Å². The van der Waals surface area contributed by atoms with Crippen LogP contribution in [-0.2, 0) is 4.79 Å². The Morgan fingerprint density at radius 3 is 2.69 bits per heavy atom. The van der Waals surface area contributed by atoms with Crippen LogP contribution in [0.1, 0.15) is 33.6 Å². The molecular weight excluding hydrogens is 166 g/mol. The molecule has 1 unspecified atom stereocenters. The van der Waals surface area contributed by atoms with E-state index in [2.05, 4.69) is 13.8 Å². The summed E-state index contributed by atoms with van der Waals surface area (Å²) in [6.45, 7) is 7.48. The van der Waals surface area contributed by atoms with Gasteiger partial charge in [-0.1, -0.05) is 13.8 Å². The molecule has 1 aliphatic rings. The molecule has 76 valence electrons. The molecule has 1 rings (SSSR count). The molecule has 0 radical (unpaired) electrons. The SMILES string of the molecule is CCC1(C)CCN(C(=O)[C@@H](C)O)C1. The van der Waals surface area contributed by atoms with Crippen molar-refractivity contribution in [2.75, 3.05) is 13.1 Å². The molecule has 0 saturated carbocycles. The summed E-state index contributed by atoms with van der Waals surface area (Å²) in [5.41, 5.74) is 0.268. The van der Waals surface area contributed by atoms with Crippen LogP contribution in [0.2, 0.25) is 0 Å². The Morgan fingerprint density at radius 2 is 2.31 bits per heavy atom. The third-order valence-corrected chi connectivity index (χ3v) is 3.08. The topological polar surface area (TPSA) is 40.5 Å². The average Bonchev–Trinajstić information content (AvgIpc) is 2.47. The lowest BCUT2D eigenvalue weighted by Gasteiger charge is -2.23. The number of hydrogen-bond acceptors (Lipinski definition) is 2. The van der Waals surface area contributed by atoms with Gasteiger partial charge in [-0.15, -0.1) is 0 Å². The standard InChI is InChI=1S/C10H19NO2/c1-4-10(3)5-6-11(7-10)9(13)8(2)12/h8,12H,4-7H2,1-3H3/t8-,10?/m1/s1. The fraction of sp³-hybridized carbons (Fsp3) is 0.900. The first-order valence-electron chi connectivity index (χ1n) is 4.95. The van der Waals surface area contributed by atoms with Crippen LogP contribution in [0, 0.1) is 5.41 Å². The zero-order valence-electron chi connectivity index (χ0n) is 8.71. The van der Waals surface area contributed by atoms with Crippen molar-refractivity contribution in [1.82, 2.24) is 4.90 Å². The van der Waals surface area contributed by atoms with Crippen molar-refractivity contribution in [1.29, 1.82) is 0 Å². The van der Waals surface area contributed by atoms with Crippen molar-refractivity contribution >= 4 is 5.91 Å². The fourth-order valence-corrected chi connectivity index (χ4v) is 1.76. The van der Waals surface area contributed by atoms with Gasteiger partial charge in [0.1, 0.15) is 6.10 Å². The van der Waals surface area contributed by atoms with E-state index in [0.29, 0.717) is 0 Å². The number of aliphatic hydroxyl groups excluding tert-OH is 1. The van der Waals surface area contributed by atoms with E-state index in [4.69, 9.17) is 5.11 Å². The molecule has 1 amide bonds. The number of likely N-dealkylation sites (tertiary alicyclic amines) is 1. The number of hydrogen-bond donors (Lipinski definition) is 1. The second kappa shape index (κ2) is 3.66. The van der Waals surface area contributed by atoms with Crippen LogP contribution in [0.25, 0.3) is 0 Å². The van der Waals surface area contributed by atoms with Crippen molar-refractivity contribution in [2.24, 2.45) is 5.41 Å². The first kappa shape index (κ1) is 10.5. The van der Waals surface area contributed by atoms with Crippen molar-refractivity contribution < 1.29 is 9.90 Å². The highest BCUT2D eigenvalue weighted by Crippen LogP contribution is 2.33. The molecular formula is C10H19NO2. The van der Waals surface area contributed by atoms with Crippen LogP contribution in [0.5, 0.6) is 0 Å². The second-order valence-electron chi connectivity index (χ2n) is 4.35. The van der Waals surface area contributed by atoms with Gasteiger partial charge in [-0.25, -0.2) is 0 Å². The summed E-state index contributed by atoms with van der Waals surface area (Å²) in [6.07, 6.45) is 1.30. The van der Waals surface area contributed by atoms with Gasteiger partial charge in [0.2, 0.25) is 0 Å². The predicted octanol–water partition coefficient (Wildman–Crippen LogP) is 1.02. The Labute approximate surface area is 79.7 Å². The largest absolute Gasteiger partial charge is 0.384 e. The minimum Gasteiger partial charge on any atom is -0.384 e. The number of aliphatic hydroxyl groups is 1. The van der Waals surface area contributed by atoms with Crippen molar-refractivity contribution in [3.8, 4) is 0 Å². The third-order valence-electron chi connectivity index (χ3n) is 3.08. The van der Waals surface area contributed by atoms with E-state index >= 15 is 0 Å². The number of amides is 1. The van der Waals surface area contributed by atoms with Gasteiger partial charge in [0.25, 0.3) is 5.91 Å². The van der Waals surface area contributed by atoms with Crippen molar-refractivity contribution in [2.45, 2.75) is 39.7 Å². The van der Waals surface area contributed by atoms with Gasteiger partial charge in [0.05, 0.1) is 0 Å². The molecule has 0 aromatic carbocycles. The maximum Gasteiger partial charge on any atom is 0.251 e. The van der Waals surface area contributed by atoms with Gasteiger partial charge in [0, 0.05) is 13.1 Å². The fourth-order valence-electron chi connectivity index (χ4n) is 1.76. The number of nitrogens with zero attached hydrogens (tertiary/aromatic N) is 1. The molecule has 0 aliphatic carbocycles. The van der Waals surface area contributed by atoms with Gasteiger partial charge in [-0.2, -0.15) is 0 Å². The smallest absolute Gasteiger partial charge is 0.251 e. The molecule has 1 N–H and O–H groups in total. The summed E-state index contributed by atoms with van der Waals surface area (Å²) in [5, 5.41) is 9.13. The summed E-state index contributed by atoms with van der Waals surface area (Å²) in [5.74, 6) is -0.128. The average molecular weight is 185 g/mol. The zero-order valence-corrected chi connectivity index (χ0v) is 8.71.